The topological polar surface area (TPSA) is 55.8 Å². The van der Waals surface area contributed by atoms with Crippen molar-refractivity contribution in [2.45, 2.75) is 38.9 Å². The summed E-state index contributed by atoms with van der Waals surface area (Å²) in [5, 5.41) is 0. The second-order valence-corrected chi connectivity index (χ2v) is 4.93. The second-order valence-electron chi connectivity index (χ2n) is 4.93. The predicted molar refractivity (Wildman–Crippen MR) is 77.4 cm³/mol. The number of hydrogen-bond acceptors (Lipinski definition) is 5. The summed E-state index contributed by atoms with van der Waals surface area (Å²) in [6.07, 6.45) is 0.463. The molecule has 1 aliphatic rings. The number of benzene rings is 1. The molecule has 0 radical (unpaired) electrons. The molecule has 0 amide bonds. The molecule has 5 nitrogen and oxygen atoms in total. The minimum absolute atomic E-state index is 0.269. The van der Waals surface area contributed by atoms with Crippen molar-refractivity contribution in [3.63, 3.8) is 0 Å². The highest BCUT2D eigenvalue weighted by molar-refractivity contribution is 5.84. The molecule has 1 aromatic carbocycles. The van der Waals surface area contributed by atoms with Crippen LogP contribution in [0.25, 0.3) is 0 Å². The van der Waals surface area contributed by atoms with E-state index in [2.05, 4.69) is 0 Å². The van der Waals surface area contributed by atoms with Gasteiger partial charge in [-0.1, -0.05) is 30.3 Å². The van der Waals surface area contributed by atoms with E-state index < -0.39 is 0 Å². The van der Waals surface area contributed by atoms with Crippen molar-refractivity contribution in [1.29, 1.82) is 0 Å². The molecule has 0 aromatic heterocycles. The predicted octanol–water partition coefficient (Wildman–Crippen LogP) is 1.76. The van der Waals surface area contributed by atoms with Crippen LogP contribution in [0.3, 0.4) is 0 Å². The number of rotatable bonds is 6. The summed E-state index contributed by atoms with van der Waals surface area (Å²) in [5.41, 5.74) is 1.06. The highest BCUT2D eigenvalue weighted by Gasteiger charge is 2.48. The number of ether oxygens (including phenoxy) is 2. The lowest BCUT2D eigenvalue weighted by atomic mass is 9.91. The molecule has 5 heteroatoms. The van der Waals surface area contributed by atoms with E-state index >= 15 is 0 Å². The Morgan fingerprint density at radius 3 is 2.05 bits per heavy atom. The zero-order chi connectivity index (χ0) is 15.2. The van der Waals surface area contributed by atoms with Gasteiger partial charge in [-0.2, -0.15) is 0 Å². The maximum absolute atomic E-state index is 11.9. The third kappa shape index (κ3) is 3.61. The molecule has 1 aliphatic heterocycles. The summed E-state index contributed by atoms with van der Waals surface area (Å²) in [4.78, 5) is 25.7. The van der Waals surface area contributed by atoms with Gasteiger partial charge in [-0.15, -0.1) is 0 Å². The van der Waals surface area contributed by atoms with Gasteiger partial charge < -0.3 is 9.47 Å². The monoisotopic (exact) mass is 291 g/mol. The van der Waals surface area contributed by atoms with Gasteiger partial charge in [-0.05, 0) is 25.8 Å². The first kappa shape index (κ1) is 15.5. The largest absolute Gasteiger partial charge is 0.465 e. The summed E-state index contributed by atoms with van der Waals surface area (Å²) >= 11 is 0. The van der Waals surface area contributed by atoms with Crippen LogP contribution in [0.2, 0.25) is 0 Å². The lowest BCUT2D eigenvalue weighted by molar-refractivity contribution is -0.171. The minimum Gasteiger partial charge on any atom is -0.465 e. The Kier molecular flexibility index (Phi) is 5.33. The van der Waals surface area contributed by atoms with Gasteiger partial charge in [-0.25, -0.2) is 0 Å². The Balaban J connectivity index is 2.07. The van der Waals surface area contributed by atoms with Crippen LogP contribution >= 0.6 is 0 Å². The zero-order valence-electron chi connectivity index (χ0n) is 12.5. The van der Waals surface area contributed by atoms with E-state index in [0.717, 1.165) is 5.56 Å². The smallest absolute Gasteiger partial charge is 0.323 e. The summed E-state index contributed by atoms with van der Waals surface area (Å²) in [5.74, 6) is -0.539. The Morgan fingerprint density at radius 1 is 1.05 bits per heavy atom. The van der Waals surface area contributed by atoms with Gasteiger partial charge >= 0.3 is 11.9 Å². The molecule has 1 fully saturated rings. The lowest BCUT2D eigenvalue weighted by Crippen LogP contribution is -2.62. The fraction of sp³-hybridized carbons (Fsp3) is 0.500. The highest BCUT2D eigenvalue weighted by Crippen LogP contribution is 2.30. The van der Waals surface area contributed by atoms with Crippen molar-refractivity contribution >= 4 is 11.9 Å². The molecule has 21 heavy (non-hydrogen) atoms. The molecule has 1 heterocycles. The van der Waals surface area contributed by atoms with Crippen LogP contribution < -0.4 is 0 Å². The quantitative estimate of drug-likeness (QED) is 0.747. The number of carbonyl (C=O) groups excluding carboxylic acids is 2. The zero-order valence-corrected chi connectivity index (χ0v) is 12.5. The number of hydrogen-bond donors (Lipinski definition) is 0. The van der Waals surface area contributed by atoms with Gasteiger partial charge in [0.15, 0.2) is 0 Å². The van der Waals surface area contributed by atoms with Crippen LogP contribution in [0.4, 0.5) is 0 Å². The normalized spacial score (nSPS) is 21.4. The van der Waals surface area contributed by atoms with Gasteiger partial charge in [0.05, 0.1) is 13.2 Å². The molecule has 0 unspecified atom stereocenters. The molecule has 2 atom stereocenters. The third-order valence-corrected chi connectivity index (χ3v) is 3.57. The van der Waals surface area contributed by atoms with E-state index in [1.54, 1.807) is 13.8 Å². The van der Waals surface area contributed by atoms with Gasteiger partial charge in [0.2, 0.25) is 0 Å². The molecular formula is C16H21NO4. The van der Waals surface area contributed by atoms with E-state index in [9.17, 15) is 9.59 Å². The number of esters is 2. The van der Waals surface area contributed by atoms with Crippen LogP contribution in [0.1, 0.15) is 25.8 Å². The fourth-order valence-electron chi connectivity index (χ4n) is 2.52. The highest BCUT2D eigenvalue weighted by atomic mass is 16.5. The first-order chi connectivity index (χ1) is 10.2. The molecule has 0 N–H and O–H groups in total. The summed E-state index contributed by atoms with van der Waals surface area (Å²) in [6.45, 7) is 4.78. The molecule has 114 valence electrons. The number of likely N-dealkylation sites (tertiary alicyclic amines) is 1. The summed E-state index contributed by atoms with van der Waals surface area (Å²) < 4.78 is 10.1. The van der Waals surface area contributed by atoms with E-state index in [0.29, 0.717) is 26.2 Å². The molecular weight excluding hydrogens is 270 g/mol. The van der Waals surface area contributed by atoms with E-state index in [-0.39, 0.29) is 24.0 Å². The van der Waals surface area contributed by atoms with Gasteiger partial charge in [0.1, 0.15) is 12.1 Å². The average Bonchev–Trinajstić information content (AvgIpc) is 2.45. The Bertz CT molecular complexity index is 464. The van der Waals surface area contributed by atoms with Crippen LogP contribution in [0.5, 0.6) is 0 Å². The molecule has 2 rings (SSSR count). The Labute approximate surface area is 124 Å². The van der Waals surface area contributed by atoms with Crippen molar-refractivity contribution < 1.29 is 19.1 Å². The van der Waals surface area contributed by atoms with E-state index in [1.807, 2.05) is 35.2 Å². The van der Waals surface area contributed by atoms with E-state index in [4.69, 9.17) is 9.47 Å². The lowest BCUT2D eigenvalue weighted by Gasteiger charge is -2.45. The van der Waals surface area contributed by atoms with Crippen molar-refractivity contribution in [3.05, 3.63) is 35.9 Å². The third-order valence-electron chi connectivity index (χ3n) is 3.57. The SMILES string of the molecule is CCOC(=O)[C@H]1C[C@H](C(=O)OCC)N1Cc1ccccc1. The standard InChI is InChI=1S/C16H21NO4/c1-3-20-15(18)13-10-14(16(19)21-4-2)17(13)11-12-8-6-5-7-9-12/h5-9,13-14H,3-4,10-11H2,1-2H3/t13-,14-/m1/s1. The van der Waals surface area contributed by atoms with Gasteiger partial charge in [0, 0.05) is 6.54 Å². The summed E-state index contributed by atoms with van der Waals surface area (Å²) in [6, 6.07) is 9.04. The van der Waals surface area contributed by atoms with Crippen molar-refractivity contribution in [2.75, 3.05) is 13.2 Å². The van der Waals surface area contributed by atoms with Gasteiger partial charge in [-0.3, -0.25) is 14.5 Å². The van der Waals surface area contributed by atoms with E-state index in [1.165, 1.54) is 0 Å². The van der Waals surface area contributed by atoms with Gasteiger partial charge in [0.25, 0.3) is 0 Å². The Morgan fingerprint density at radius 2 is 1.57 bits per heavy atom. The molecule has 1 saturated heterocycles. The van der Waals surface area contributed by atoms with Crippen LogP contribution in [0, 0.1) is 0 Å². The van der Waals surface area contributed by atoms with Crippen molar-refractivity contribution in [1.82, 2.24) is 4.90 Å². The van der Waals surface area contributed by atoms with Crippen molar-refractivity contribution in [3.8, 4) is 0 Å². The fourth-order valence-corrected chi connectivity index (χ4v) is 2.52. The Hall–Kier alpha value is -1.88. The van der Waals surface area contributed by atoms with Crippen LogP contribution in [-0.2, 0) is 25.6 Å². The summed E-state index contributed by atoms with van der Waals surface area (Å²) in [7, 11) is 0. The average molecular weight is 291 g/mol. The molecule has 0 aliphatic carbocycles. The second kappa shape index (κ2) is 7.22. The first-order valence-electron chi connectivity index (χ1n) is 7.30. The maximum Gasteiger partial charge on any atom is 0.323 e. The van der Waals surface area contributed by atoms with Crippen LogP contribution in [0.15, 0.2) is 30.3 Å². The molecule has 0 saturated carbocycles. The molecule has 1 aromatic rings. The first-order valence-corrected chi connectivity index (χ1v) is 7.30. The maximum atomic E-state index is 11.9. The number of nitrogens with zero attached hydrogens (tertiary/aromatic N) is 1. The molecule has 0 bridgehead atoms. The van der Waals surface area contributed by atoms with Crippen molar-refractivity contribution in [2.24, 2.45) is 0 Å². The molecule has 0 spiro atoms. The van der Waals surface area contributed by atoms with Crippen LogP contribution in [-0.4, -0.2) is 42.1 Å². The minimum atomic E-state index is -0.362. The number of carbonyl (C=O) groups is 2.